The molecule has 5 heteroatoms. The van der Waals surface area contributed by atoms with Gasteiger partial charge in [0.1, 0.15) is 0 Å². The lowest BCUT2D eigenvalue weighted by Gasteiger charge is -2.18. The Labute approximate surface area is 156 Å². The molecule has 25 heavy (non-hydrogen) atoms. The number of amides is 2. The van der Waals surface area contributed by atoms with Gasteiger partial charge in [0.25, 0.3) is 5.91 Å². The third-order valence-electron chi connectivity index (χ3n) is 4.54. The fourth-order valence-electron chi connectivity index (χ4n) is 2.83. The summed E-state index contributed by atoms with van der Waals surface area (Å²) >= 11 is 3.51. The maximum Gasteiger partial charge on any atom is 0.253 e. The van der Waals surface area contributed by atoms with E-state index in [1.165, 1.54) is 0 Å². The van der Waals surface area contributed by atoms with Gasteiger partial charge in [-0.05, 0) is 42.2 Å². The van der Waals surface area contributed by atoms with Crippen molar-refractivity contribution in [3.8, 4) is 0 Å². The van der Waals surface area contributed by atoms with Gasteiger partial charge in [0.15, 0.2) is 0 Å². The van der Waals surface area contributed by atoms with E-state index >= 15 is 0 Å². The normalized spacial score (nSPS) is 18.5. The van der Waals surface area contributed by atoms with E-state index in [-0.39, 0.29) is 17.7 Å². The van der Waals surface area contributed by atoms with Crippen molar-refractivity contribution in [2.75, 3.05) is 12.4 Å². The van der Waals surface area contributed by atoms with Crippen molar-refractivity contribution >= 4 is 33.4 Å². The zero-order valence-electron chi connectivity index (χ0n) is 14.3. The molecule has 1 saturated carbocycles. The maximum absolute atomic E-state index is 12.7. The Hall–Kier alpha value is -2.14. The first kappa shape index (κ1) is 17.7. The van der Waals surface area contributed by atoms with Crippen molar-refractivity contribution in [3.63, 3.8) is 0 Å². The number of halogens is 1. The fraction of sp³-hybridized carbons (Fsp3) is 0.300. The minimum absolute atomic E-state index is 0.0404. The van der Waals surface area contributed by atoms with Gasteiger partial charge in [-0.1, -0.05) is 47.1 Å². The average Bonchev–Trinajstić information content (AvgIpc) is 3.33. The Kier molecular flexibility index (Phi) is 5.23. The third kappa shape index (κ3) is 4.28. The highest BCUT2D eigenvalue weighted by Crippen LogP contribution is 2.38. The summed E-state index contributed by atoms with van der Waals surface area (Å²) in [5, 5.41) is 2.91. The highest BCUT2D eigenvalue weighted by molar-refractivity contribution is 9.10. The SMILES string of the molecule is CC1CC1C(=O)Nc1cccc(C(=O)N(C)Cc2ccccc2Br)c1. The first-order valence-electron chi connectivity index (χ1n) is 8.35. The summed E-state index contributed by atoms with van der Waals surface area (Å²) in [6.45, 7) is 2.58. The van der Waals surface area contributed by atoms with Gasteiger partial charge in [0.05, 0.1) is 0 Å². The third-order valence-corrected chi connectivity index (χ3v) is 5.31. The van der Waals surface area contributed by atoms with Gasteiger partial charge in [-0.3, -0.25) is 9.59 Å². The summed E-state index contributed by atoms with van der Waals surface area (Å²) in [7, 11) is 1.78. The van der Waals surface area contributed by atoms with Crippen LogP contribution >= 0.6 is 15.9 Å². The summed E-state index contributed by atoms with van der Waals surface area (Å²) in [5.74, 6) is 0.531. The number of carbonyl (C=O) groups excluding carboxylic acids is 2. The van der Waals surface area contributed by atoms with Crippen LogP contribution < -0.4 is 5.32 Å². The van der Waals surface area contributed by atoms with E-state index in [4.69, 9.17) is 0 Å². The molecule has 1 aliphatic rings. The number of benzene rings is 2. The molecule has 4 nitrogen and oxygen atoms in total. The number of carbonyl (C=O) groups is 2. The summed E-state index contributed by atoms with van der Waals surface area (Å²) in [6, 6.07) is 15.0. The van der Waals surface area contributed by atoms with Crippen LogP contribution in [0.1, 0.15) is 29.3 Å². The van der Waals surface area contributed by atoms with Gasteiger partial charge in [0, 0.05) is 35.2 Å². The largest absolute Gasteiger partial charge is 0.337 e. The van der Waals surface area contributed by atoms with Crippen molar-refractivity contribution in [2.45, 2.75) is 19.9 Å². The van der Waals surface area contributed by atoms with Gasteiger partial charge in [-0.25, -0.2) is 0 Å². The van der Waals surface area contributed by atoms with E-state index < -0.39 is 0 Å². The number of nitrogens with one attached hydrogen (secondary N) is 1. The Bertz CT molecular complexity index is 806. The molecular formula is C20H21BrN2O2. The average molecular weight is 401 g/mol. The molecule has 2 aromatic rings. The second-order valence-corrected chi connectivity index (χ2v) is 7.50. The molecule has 1 fully saturated rings. The quantitative estimate of drug-likeness (QED) is 0.812. The first-order valence-corrected chi connectivity index (χ1v) is 9.15. The minimum atomic E-state index is -0.0772. The lowest BCUT2D eigenvalue weighted by atomic mass is 10.1. The number of anilines is 1. The van der Waals surface area contributed by atoms with Crippen LogP contribution in [0.15, 0.2) is 53.0 Å². The molecule has 0 aliphatic heterocycles. The summed E-state index contributed by atoms with van der Waals surface area (Å²) < 4.78 is 0.981. The van der Waals surface area contributed by atoms with Crippen LogP contribution in [0.3, 0.4) is 0 Å². The first-order chi connectivity index (χ1) is 12.0. The van der Waals surface area contributed by atoms with E-state index in [9.17, 15) is 9.59 Å². The lowest BCUT2D eigenvalue weighted by molar-refractivity contribution is -0.117. The van der Waals surface area contributed by atoms with Crippen LogP contribution in [-0.4, -0.2) is 23.8 Å². The molecule has 3 rings (SSSR count). The molecule has 2 atom stereocenters. The molecular weight excluding hydrogens is 380 g/mol. The molecule has 0 radical (unpaired) electrons. The number of rotatable bonds is 5. The number of hydrogen-bond donors (Lipinski definition) is 1. The summed E-state index contributed by atoms with van der Waals surface area (Å²) in [4.78, 5) is 26.4. The molecule has 1 aliphatic carbocycles. The standard InChI is InChI=1S/C20H21BrN2O2/c1-13-10-17(13)19(24)22-16-8-5-7-14(11-16)20(25)23(2)12-15-6-3-4-9-18(15)21/h3-9,11,13,17H,10,12H2,1-2H3,(H,22,24). The molecule has 130 valence electrons. The molecule has 2 unspecified atom stereocenters. The van der Waals surface area contributed by atoms with E-state index in [1.807, 2.05) is 30.3 Å². The highest BCUT2D eigenvalue weighted by atomic mass is 79.9. The van der Waals surface area contributed by atoms with Crippen LogP contribution in [0.4, 0.5) is 5.69 Å². The minimum Gasteiger partial charge on any atom is -0.337 e. The van der Waals surface area contributed by atoms with Crippen LogP contribution in [0.2, 0.25) is 0 Å². The lowest BCUT2D eigenvalue weighted by Crippen LogP contribution is -2.26. The van der Waals surface area contributed by atoms with Gasteiger partial charge < -0.3 is 10.2 Å². The van der Waals surface area contributed by atoms with Crippen molar-refractivity contribution in [3.05, 3.63) is 64.1 Å². The fourth-order valence-corrected chi connectivity index (χ4v) is 3.24. The molecule has 1 N–H and O–H groups in total. The molecule has 0 spiro atoms. The Morgan fingerprint density at radius 3 is 2.60 bits per heavy atom. The molecule has 2 amide bonds. The van der Waals surface area contributed by atoms with E-state index in [0.29, 0.717) is 23.7 Å². The van der Waals surface area contributed by atoms with Crippen LogP contribution in [0.25, 0.3) is 0 Å². The van der Waals surface area contributed by atoms with Crippen molar-refractivity contribution in [1.29, 1.82) is 0 Å². The van der Waals surface area contributed by atoms with Crippen LogP contribution in [-0.2, 0) is 11.3 Å². The molecule has 0 bridgehead atoms. The van der Waals surface area contributed by atoms with Gasteiger partial charge in [-0.2, -0.15) is 0 Å². The maximum atomic E-state index is 12.7. The zero-order chi connectivity index (χ0) is 18.0. The molecule has 0 aromatic heterocycles. The molecule has 0 heterocycles. The Balaban J connectivity index is 1.68. The van der Waals surface area contributed by atoms with E-state index in [2.05, 4.69) is 28.2 Å². The van der Waals surface area contributed by atoms with Gasteiger partial charge >= 0.3 is 0 Å². The topological polar surface area (TPSA) is 49.4 Å². The van der Waals surface area contributed by atoms with Crippen LogP contribution in [0.5, 0.6) is 0 Å². The Morgan fingerprint density at radius 1 is 1.20 bits per heavy atom. The molecule has 2 aromatic carbocycles. The van der Waals surface area contributed by atoms with E-state index in [1.54, 1.807) is 30.1 Å². The highest BCUT2D eigenvalue weighted by Gasteiger charge is 2.39. The Morgan fingerprint density at radius 2 is 1.92 bits per heavy atom. The zero-order valence-corrected chi connectivity index (χ0v) is 15.9. The predicted octanol–water partition coefficient (Wildman–Crippen LogP) is 4.32. The van der Waals surface area contributed by atoms with Gasteiger partial charge in [0.2, 0.25) is 5.91 Å². The monoisotopic (exact) mass is 400 g/mol. The van der Waals surface area contributed by atoms with Crippen molar-refractivity contribution in [1.82, 2.24) is 4.90 Å². The number of hydrogen-bond acceptors (Lipinski definition) is 2. The predicted molar refractivity (Wildman–Crippen MR) is 102 cm³/mol. The second kappa shape index (κ2) is 7.40. The van der Waals surface area contributed by atoms with Crippen LogP contribution in [0, 0.1) is 11.8 Å². The summed E-state index contributed by atoms with van der Waals surface area (Å²) in [6.07, 6.45) is 0.944. The molecule has 0 saturated heterocycles. The van der Waals surface area contributed by atoms with Crippen molar-refractivity contribution in [2.24, 2.45) is 11.8 Å². The van der Waals surface area contributed by atoms with Crippen molar-refractivity contribution < 1.29 is 9.59 Å². The number of nitrogens with zero attached hydrogens (tertiary/aromatic N) is 1. The van der Waals surface area contributed by atoms with E-state index in [0.717, 1.165) is 16.5 Å². The summed E-state index contributed by atoms with van der Waals surface area (Å²) in [5.41, 5.74) is 2.28. The second-order valence-electron chi connectivity index (χ2n) is 6.64. The van der Waals surface area contributed by atoms with Gasteiger partial charge in [-0.15, -0.1) is 0 Å². The smallest absolute Gasteiger partial charge is 0.253 e.